The molecule has 1 atom stereocenters. The Bertz CT molecular complexity index is 712. The predicted octanol–water partition coefficient (Wildman–Crippen LogP) is 2.42. The molecule has 1 aliphatic heterocycles. The second-order valence-electron chi connectivity index (χ2n) is 4.42. The van der Waals surface area contributed by atoms with Gasteiger partial charge in [0, 0.05) is 17.3 Å². The SMILES string of the molecule is NC1=NC(c2ccccc2[N+](=O)[O-])Nc2ccccc21. The highest BCUT2D eigenvalue weighted by atomic mass is 16.6. The van der Waals surface area contributed by atoms with Gasteiger partial charge in [0.15, 0.2) is 6.17 Å². The minimum Gasteiger partial charge on any atom is -0.383 e. The van der Waals surface area contributed by atoms with Crippen LogP contribution < -0.4 is 11.1 Å². The predicted molar refractivity (Wildman–Crippen MR) is 76.6 cm³/mol. The van der Waals surface area contributed by atoms with Gasteiger partial charge in [-0.05, 0) is 18.2 Å². The van der Waals surface area contributed by atoms with E-state index in [9.17, 15) is 10.1 Å². The number of nitro groups is 1. The first kappa shape index (κ1) is 12.2. The zero-order valence-electron chi connectivity index (χ0n) is 10.5. The number of nitrogens with two attached hydrogens (primary N) is 1. The van der Waals surface area contributed by atoms with Gasteiger partial charge in [0.2, 0.25) is 0 Å². The molecule has 2 aromatic carbocycles. The Morgan fingerprint density at radius 1 is 1.15 bits per heavy atom. The maximum atomic E-state index is 11.1. The van der Waals surface area contributed by atoms with Crippen molar-refractivity contribution in [2.24, 2.45) is 10.7 Å². The molecule has 20 heavy (non-hydrogen) atoms. The average molecular weight is 268 g/mol. The lowest BCUT2D eigenvalue weighted by molar-refractivity contribution is -0.385. The Hall–Kier alpha value is -2.89. The Morgan fingerprint density at radius 2 is 1.85 bits per heavy atom. The lowest BCUT2D eigenvalue weighted by atomic mass is 10.1. The number of hydrogen-bond donors (Lipinski definition) is 2. The molecular weight excluding hydrogens is 256 g/mol. The summed E-state index contributed by atoms with van der Waals surface area (Å²) in [4.78, 5) is 15.0. The van der Waals surface area contributed by atoms with E-state index in [0.717, 1.165) is 11.3 Å². The number of nitrogens with one attached hydrogen (secondary N) is 1. The van der Waals surface area contributed by atoms with Crippen molar-refractivity contribution < 1.29 is 4.92 Å². The van der Waals surface area contributed by atoms with Crippen molar-refractivity contribution in [1.82, 2.24) is 0 Å². The van der Waals surface area contributed by atoms with Crippen LogP contribution in [0.2, 0.25) is 0 Å². The van der Waals surface area contributed by atoms with Gasteiger partial charge < -0.3 is 11.1 Å². The van der Waals surface area contributed by atoms with E-state index in [-0.39, 0.29) is 5.69 Å². The first-order valence-corrected chi connectivity index (χ1v) is 6.09. The highest BCUT2D eigenvalue weighted by Crippen LogP contribution is 2.32. The Balaban J connectivity index is 2.07. The third-order valence-electron chi connectivity index (χ3n) is 3.19. The summed E-state index contributed by atoms with van der Waals surface area (Å²) in [6.07, 6.45) is -0.550. The number of benzene rings is 2. The van der Waals surface area contributed by atoms with Crippen LogP contribution in [0, 0.1) is 10.1 Å². The molecule has 0 saturated carbocycles. The largest absolute Gasteiger partial charge is 0.383 e. The Kier molecular flexibility index (Phi) is 2.83. The highest BCUT2D eigenvalue weighted by Gasteiger charge is 2.25. The summed E-state index contributed by atoms with van der Waals surface area (Å²) < 4.78 is 0. The highest BCUT2D eigenvalue weighted by molar-refractivity contribution is 6.03. The summed E-state index contributed by atoms with van der Waals surface area (Å²) in [5.41, 5.74) is 8.09. The minimum atomic E-state index is -0.550. The van der Waals surface area contributed by atoms with E-state index < -0.39 is 11.1 Å². The van der Waals surface area contributed by atoms with Gasteiger partial charge in [0.05, 0.1) is 10.5 Å². The number of aliphatic imine (C=N–C) groups is 1. The van der Waals surface area contributed by atoms with Crippen molar-refractivity contribution in [3.63, 3.8) is 0 Å². The Labute approximate surface area is 115 Å². The summed E-state index contributed by atoms with van der Waals surface area (Å²) in [7, 11) is 0. The number of nitro benzene ring substituents is 1. The molecule has 0 aromatic heterocycles. The molecule has 0 radical (unpaired) electrons. The van der Waals surface area contributed by atoms with E-state index in [2.05, 4.69) is 10.3 Å². The van der Waals surface area contributed by atoms with E-state index in [1.165, 1.54) is 6.07 Å². The van der Waals surface area contributed by atoms with Crippen molar-refractivity contribution in [1.29, 1.82) is 0 Å². The zero-order valence-corrected chi connectivity index (χ0v) is 10.5. The van der Waals surface area contributed by atoms with Gasteiger partial charge in [-0.3, -0.25) is 10.1 Å². The third kappa shape index (κ3) is 1.97. The van der Waals surface area contributed by atoms with Crippen molar-refractivity contribution in [2.45, 2.75) is 6.17 Å². The van der Waals surface area contributed by atoms with Crippen molar-refractivity contribution in [2.75, 3.05) is 5.32 Å². The molecule has 0 fully saturated rings. The third-order valence-corrected chi connectivity index (χ3v) is 3.19. The van der Waals surface area contributed by atoms with Crippen LogP contribution in [-0.4, -0.2) is 10.8 Å². The molecule has 3 rings (SSSR count). The molecule has 3 N–H and O–H groups in total. The van der Waals surface area contributed by atoms with E-state index in [4.69, 9.17) is 5.73 Å². The van der Waals surface area contributed by atoms with Gasteiger partial charge in [0.25, 0.3) is 5.69 Å². The number of para-hydroxylation sites is 2. The maximum Gasteiger partial charge on any atom is 0.276 e. The van der Waals surface area contributed by atoms with Crippen molar-refractivity contribution in [3.05, 3.63) is 69.8 Å². The van der Waals surface area contributed by atoms with E-state index in [1.54, 1.807) is 18.2 Å². The number of nitrogens with zero attached hydrogens (tertiary/aromatic N) is 2. The maximum absolute atomic E-state index is 11.1. The molecule has 0 spiro atoms. The van der Waals surface area contributed by atoms with Crippen LogP contribution in [0.4, 0.5) is 11.4 Å². The molecule has 2 aromatic rings. The van der Waals surface area contributed by atoms with Crippen molar-refractivity contribution in [3.8, 4) is 0 Å². The van der Waals surface area contributed by atoms with E-state index in [0.29, 0.717) is 11.4 Å². The van der Waals surface area contributed by atoms with Crippen LogP contribution in [0.1, 0.15) is 17.3 Å². The number of amidine groups is 1. The molecule has 0 amide bonds. The van der Waals surface area contributed by atoms with Gasteiger partial charge in [0.1, 0.15) is 5.84 Å². The molecule has 0 saturated heterocycles. The summed E-state index contributed by atoms with van der Waals surface area (Å²) in [6, 6.07) is 14.0. The molecular formula is C14H12N4O2. The van der Waals surface area contributed by atoms with E-state index in [1.807, 2.05) is 24.3 Å². The van der Waals surface area contributed by atoms with Gasteiger partial charge in [-0.1, -0.05) is 24.3 Å². The number of fused-ring (bicyclic) bond motifs is 1. The fraction of sp³-hybridized carbons (Fsp3) is 0.0714. The monoisotopic (exact) mass is 268 g/mol. The standard InChI is InChI=1S/C14H12N4O2/c15-13-9-5-1-3-7-11(9)16-14(17-13)10-6-2-4-8-12(10)18(19)20/h1-8,14,16H,(H2,15,17). The number of rotatable bonds is 2. The second kappa shape index (κ2) is 4.65. The smallest absolute Gasteiger partial charge is 0.276 e. The molecule has 1 heterocycles. The molecule has 0 aliphatic carbocycles. The van der Waals surface area contributed by atoms with Crippen LogP contribution in [0.3, 0.4) is 0 Å². The van der Waals surface area contributed by atoms with Crippen LogP contribution in [0.25, 0.3) is 0 Å². The van der Waals surface area contributed by atoms with Gasteiger partial charge in [-0.25, -0.2) is 4.99 Å². The first-order valence-electron chi connectivity index (χ1n) is 6.09. The molecule has 0 bridgehead atoms. The fourth-order valence-electron chi connectivity index (χ4n) is 2.25. The second-order valence-corrected chi connectivity index (χ2v) is 4.42. The number of hydrogen-bond acceptors (Lipinski definition) is 5. The van der Waals surface area contributed by atoms with E-state index >= 15 is 0 Å². The normalized spacial score (nSPS) is 16.8. The molecule has 1 aliphatic rings. The Morgan fingerprint density at radius 3 is 2.65 bits per heavy atom. The van der Waals surface area contributed by atoms with Crippen molar-refractivity contribution >= 4 is 17.2 Å². The molecule has 6 nitrogen and oxygen atoms in total. The average Bonchev–Trinajstić information content (AvgIpc) is 2.47. The topological polar surface area (TPSA) is 93.5 Å². The summed E-state index contributed by atoms with van der Waals surface area (Å²) >= 11 is 0. The number of anilines is 1. The summed E-state index contributed by atoms with van der Waals surface area (Å²) in [5.74, 6) is 0.377. The van der Waals surface area contributed by atoms with Gasteiger partial charge in [-0.15, -0.1) is 0 Å². The summed E-state index contributed by atoms with van der Waals surface area (Å²) in [6.45, 7) is 0. The summed E-state index contributed by atoms with van der Waals surface area (Å²) in [5, 5.41) is 14.3. The quantitative estimate of drug-likeness (QED) is 0.646. The van der Waals surface area contributed by atoms with Crippen LogP contribution in [-0.2, 0) is 0 Å². The minimum absolute atomic E-state index is 0.0286. The van der Waals surface area contributed by atoms with Gasteiger partial charge >= 0.3 is 0 Å². The van der Waals surface area contributed by atoms with Crippen LogP contribution in [0.15, 0.2) is 53.5 Å². The molecule has 1 unspecified atom stereocenters. The molecule has 100 valence electrons. The lowest BCUT2D eigenvalue weighted by Crippen LogP contribution is -2.25. The fourth-order valence-corrected chi connectivity index (χ4v) is 2.25. The lowest BCUT2D eigenvalue weighted by Gasteiger charge is -2.23. The zero-order chi connectivity index (χ0) is 14.1. The van der Waals surface area contributed by atoms with Gasteiger partial charge in [-0.2, -0.15) is 0 Å². The first-order chi connectivity index (χ1) is 9.66. The van der Waals surface area contributed by atoms with Crippen LogP contribution >= 0.6 is 0 Å². The van der Waals surface area contributed by atoms with Crippen LogP contribution in [0.5, 0.6) is 0 Å². The molecule has 6 heteroatoms.